The van der Waals surface area contributed by atoms with Gasteiger partial charge in [-0.2, -0.15) is 0 Å². The van der Waals surface area contributed by atoms with Gasteiger partial charge in [-0.15, -0.1) is 0 Å². The van der Waals surface area contributed by atoms with Gasteiger partial charge in [0.2, 0.25) is 0 Å². The molecule has 3 heteroatoms. The quantitative estimate of drug-likeness (QED) is 0.489. The summed E-state index contributed by atoms with van der Waals surface area (Å²) in [5.74, 6) is 0. The zero-order valence-corrected chi connectivity index (χ0v) is 16.4. The standard InChI is InChI=1S/C15H35NSi2/c1-10-11-12-13-14(17(5)6)16(15(2,3)4)18(7,8)9/h13,17H,10-12H2,1-9H3. The van der Waals surface area contributed by atoms with Crippen LogP contribution in [0.2, 0.25) is 32.7 Å². The first-order valence-electron chi connectivity index (χ1n) is 7.52. The van der Waals surface area contributed by atoms with Crippen LogP contribution in [-0.4, -0.2) is 27.1 Å². The van der Waals surface area contributed by atoms with E-state index >= 15 is 0 Å². The SMILES string of the molecule is CCCCC=C(N(C(C)(C)C)[Si](C)(C)C)[SiH](C)C. The Balaban J connectivity index is 5.32. The molecule has 0 aliphatic rings. The summed E-state index contributed by atoms with van der Waals surface area (Å²) < 4.78 is 2.80. The molecule has 0 bridgehead atoms. The van der Waals surface area contributed by atoms with Gasteiger partial charge in [0.15, 0.2) is 0 Å². The maximum Gasteiger partial charge on any atom is 0.147 e. The van der Waals surface area contributed by atoms with Crippen molar-refractivity contribution in [1.82, 2.24) is 4.57 Å². The summed E-state index contributed by atoms with van der Waals surface area (Å²) in [4.78, 5) is 0. The summed E-state index contributed by atoms with van der Waals surface area (Å²) in [5.41, 5.74) is 0.264. The molecule has 0 unspecified atom stereocenters. The van der Waals surface area contributed by atoms with Crippen LogP contribution in [0.3, 0.4) is 0 Å². The van der Waals surface area contributed by atoms with Gasteiger partial charge in [0, 0.05) is 5.54 Å². The summed E-state index contributed by atoms with van der Waals surface area (Å²) in [7, 11) is -2.07. The van der Waals surface area contributed by atoms with E-state index in [0.717, 1.165) is 0 Å². The molecule has 0 aliphatic heterocycles. The van der Waals surface area contributed by atoms with Gasteiger partial charge >= 0.3 is 0 Å². The maximum absolute atomic E-state index is 2.80. The molecule has 0 saturated heterocycles. The molecule has 0 aromatic rings. The van der Waals surface area contributed by atoms with E-state index in [2.05, 4.69) is 71.1 Å². The van der Waals surface area contributed by atoms with Crippen molar-refractivity contribution in [2.75, 3.05) is 0 Å². The van der Waals surface area contributed by atoms with Gasteiger partial charge in [-0.05, 0) is 32.5 Å². The molecular weight excluding hydrogens is 250 g/mol. The Bertz CT molecular complexity index is 255. The molecule has 0 heterocycles. The summed E-state index contributed by atoms with van der Waals surface area (Å²) in [6.07, 6.45) is 6.44. The second-order valence-corrected chi connectivity index (χ2v) is 15.3. The van der Waals surface area contributed by atoms with Crippen LogP contribution < -0.4 is 0 Å². The predicted octanol–water partition coefficient (Wildman–Crippen LogP) is 5.02. The molecule has 0 aliphatic carbocycles. The van der Waals surface area contributed by atoms with Crippen LogP contribution in [0.1, 0.15) is 47.0 Å². The van der Waals surface area contributed by atoms with E-state index in [-0.39, 0.29) is 5.54 Å². The third-order valence-corrected chi connectivity index (χ3v) is 7.31. The third-order valence-electron chi connectivity index (χ3n) is 3.10. The Morgan fingerprint density at radius 3 is 1.94 bits per heavy atom. The average molecular weight is 286 g/mol. The molecule has 0 atom stereocenters. The Hall–Kier alpha value is -0.0262. The predicted molar refractivity (Wildman–Crippen MR) is 91.4 cm³/mol. The molecule has 1 nitrogen and oxygen atoms in total. The first kappa shape index (κ1) is 18.0. The normalized spacial score (nSPS) is 14.2. The van der Waals surface area contributed by atoms with Crippen molar-refractivity contribution in [1.29, 1.82) is 0 Å². The van der Waals surface area contributed by atoms with Gasteiger partial charge in [0.05, 0.1) is 8.80 Å². The van der Waals surface area contributed by atoms with Crippen molar-refractivity contribution >= 4 is 17.0 Å². The minimum absolute atomic E-state index is 0.264. The van der Waals surface area contributed by atoms with Crippen LogP contribution in [0.5, 0.6) is 0 Å². The average Bonchev–Trinajstić information content (AvgIpc) is 2.11. The molecule has 0 saturated carbocycles. The maximum atomic E-state index is 2.80. The fourth-order valence-electron chi connectivity index (χ4n) is 2.82. The highest BCUT2D eigenvalue weighted by Gasteiger charge is 2.35. The fraction of sp³-hybridized carbons (Fsp3) is 0.867. The number of rotatable bonds is 6. The van der Waals surface area contributed by atoms with Crippen LogP contribution in [0.25, 0.3) is 0 Å². The molecule has 0 amide bonds. The highest BCUT2D eigenvalue weighted by atomic mass is 28.3. The summed E-state index contributed by atoms with van der Waals surface area (Å²) >= 11 is 0. The topological polar surface area (TPSA) is 3.24 Å². The Morgan fingerprint density at radius 1 is 1.17 bits per heavy atom. The number of allylic oxidation sites excluding steroid dienone is 1. The molecule has 0 aromatic heterocycles. The summed E-state index contributed by atoms with van der Waals surface area (Å²) in [6, 6.07) is 0. The Labute approximate surface area is 118 Å². The van der Waals surface area contributed by atoms with Crippen molar-refractivity contribution in [2.45, 2.75) is 85.2 Å². The second kappa shape index (κ2) is 6.94. The number of unbranched alkanes of at least 4 members (excludes halogenated alkanes) is 2. The fourth-order valence-corrected chi connectivity index (χ4v) is 9.18. The second-order valence-electron chi connectivity index (χ2n) is 7.60. The Kier molecular flexibility index (Phi) is 6.93. The smallest absolute Gasteiger partial charge is 0.147 e. The first-order valence-corrected chi connectivity index (χ1v) is 13.9. The molecule has 0 rings (SSSR count). The zero-order valence-electron chi connectivity index (χ0n) is 14.2. The number of nitrogens with zero attached hydrogens (tertiary/aromatic N) is 1. The lowest BCUT2D eigenvalue weighted by atomic mass is 10.1. The van der Waals surface area contributed by atoms with E-state index in [0.29, 0.717) is 0 Å². The van der Waals surface area contributed by atoms with E-state index < -0.39 is 17.0 Å². The van der Waals surface area contributed by atoms with Gasteiger partial charge in [-0.25, -0.2) is 0 Å². The van der Waals surface area contributed by atoms with Crippen LogP contribution >= 0.6 is 0 Å². The van der Waals surface area contributed by atoms with Gasteiger partial charge in [0.25, 0.3) is 0 Å². The van der Waals surface area contributed by atoms with Crippen LogP contribution in [0.15, 0.2) is 11.4 Å². The van der Waals surface area contributed by atoms with Crippen LogP contribution in [0.4, 0.5) is 0 Å². The summed E-state index contributed by atoms with van der Waals surface area (Å²) in [5, 5.41) is 1.70. The lowest BCUT2D eigenvalue weighted by Crippen LogP contribution is -2.57. The van der Waals surface area contributed by atoms with Crippen molar-refractivity contribution in [2.24, 2.45) is 0 Å². The van der Waals surface area contributed by atoms with Crippen molar-refractivity contribution in [3.63, 3.8) is 0 Å². The lowest BCUT2D eigenvalue weighted by Gasteiger charge is -2.49. The van der Waals surface area contributed by atoms with Crippen molar-refractivity contribution in [3.8, 4) is 0 Å². The highest BCUT2D eigenvalue weighted by molar-refractivity contribution is 6.76. The molecule has 108 valence electrons. The number of hydrogen-bond acceptors (Lipinski definition) is 1. The molecule has 0 fully saturated rings. The third kappa shape index (κ3) is 5.74. The van der Waals surface area contributed by atoms with Gasteiger partial charge < -0.3 is 4.57 Å². The van der Waals surface area contributed by atoms with Gasteiger partial charge in [-0.3, -0.25) is 0 Å². The van der Waals surface area contributed by atoms with Crippen LogP contribution in [-0.2, 0) is 0 Å². The van der Waals surface area contributed by atoms with E-state index in [9.17, 15) is 0 Å². The monoisotopic (exact) mass is 285 g/mol. The zero-order chi connectivity index (χ0) is 14.6. The molecule has 18 heavy (non-hydrogen) atoms. The van der Waals surface area contributed by atoms with Crippen molar-refractivity contribution in [3.05, 3.63) is 11.4 Å². The minimum atomic E-state index is -1.31. The molecular formula is C15H35NSi2. The molecule has 0 radical (unpaired) electrons. The van der Waals surface area contributed by atoms with Crippen LogP contribution in [0, 0.1) is 0 Å². The molecule has 0 N–H and O–H groups in total. The van der Waals surface area contributed by atoms with Crippen molar-refractivity contribution < 1.29 is 0 Å². The van der Waals surface area contributed by atoms with E-state index in [1.54, 1.807) is 5.32 Å². The van der Waals surface area contributed by atoms with E-state index in [4.69, 9.17) is 0 Å². The minimum Gasteiger partial charge on any atom is -0.401 e. The first-order chi connectivity index (χ1) is 8.01. The van der Waals surface area contributed by atoms with E-state index in [1.807, 2.05) is 0 Å². The Morgan fingerprint density at radius 2 is 1.67 bits per heavy atom. The van der Waals surface area contributed by atoms with E-state index in [1.165, 1.54) is 19.3 Å². The molecule has 0 spiro atoms. The van der Waals surface area contributed by atoms with Gasteiger partial charge in [-0.1, -0.05) is 58.6 Å². The number of hydrogen-bond donors (Lipinski definition) is 0. The largest absolute Gasteiger partial charge is 0.401 e. The highest BCUT2D eigenvalue weighted by Crippen LogP contribution is 2.29. The molecule has 0 aromatic carbocycles. The lowest BCUT2D eigenvalue weighted by molar-refractivity contribution is 0.305. The van der Waals surface area contributed by atoms with Gasteiger partial charge in [0.1, 0.15) is 8.24 Å². The summed E-state index contributed by atoms with van der Waals surface area (Å²) in [6.45, 7) is 21.8.